The van der Waals surface area contributed by atoms with Crippen LogP contribution in [-0.4, -0.2) is 22.3 Å². The lowest BCUT2D eigenvalue weighted by molar-refractivity contribution is -0.00707. The zero-order chi connectivity index (χ0) is 11.4. The van der Waals surface area contributed by atoms with Crippen LogP contribution in [0.1, 0.15) is 44.3 Å². The fourth-order valence-corrected chi connectivity index (χ4v) is 2.00. The molecule has 1 aliphatic carbocycles. The quantitative estimate of drug-likeness (QED) is 0.838. The van der Waals surface area contributed by atoms with Gasteiger partial charge in [-0.25, -0.2) is 0 Å². The van der Waals surface area contributed by atoms with Crippen LogP contribution in [0.4, 0.5) is 0 Å². The Bertz CT molecular complexity index is 327. The molecule has 2 atom stereocenters. The lowest BCUT2D eigenvalue weighted by atomic mass is 9.93. The van der Waals surface area contributed by atoms with Crippen LogP contribution in [0.2, 0.25) is 0 Å². The van der Waals surface area contributed by atoms with E-state index in [0.29, 0.717) is 12.5 Å². The zero-order valence-corrected chi connectivity index (χ0v) is 9.69. The lowest BCUT2D eigenvalue weighted by Crippen LogP contribution is -2.39. The number of nitrogens with two attached hydrogens (primary N) is 1. The number of hydrogen-bond donors (Lipinski definition) is 1. The van der Waals surface area contributed by atoms with Crippen molar-refractivity contribution in [2.45, 2.75) is 57.8 Å². The van der Waals surface area contributed by atoms with Crippen molar-refractivity contribution >= 4 is 0 Å². The maximum atomic E-state index is 5.98. The van der Waals surface area contributed by atoms with Crippen LogP contribution >= 0.6 is 0 Å². The highest BCUT2D eigenvalue weighted by atomic mass is 16.5. The van der Waals surface area contributed by atoms with Crippen LogP contribution in [0.15, 0.2) is 4.52 Å². The second-order valence-corrected chi connectivity index (χ2v) is 4.26. The molecule has 0 saturated heterocycles. The van der Waals surface area contributed by atoms with Gasteiger partial charge in [-0.3, -0.25) is 0 Å². The van der Waals surface area contributed by atoms with Crippen LogP contribution in [0.25, 0.3) is 0 Å². The fraction of sp³-hybridized carbons (Fsp3) is 0.818. The first-order valence-electron chi connectivity index (χ1n) is 5.98. The summed E-state index contributed by atoms with van der Waals surface area (Å²) in [6.07, 6.45) is 5.42. The lowest BCUT2D eigenvalue weighted by Gasteiger charge is -2.27. The average Bonchev–Trinajstić information content (AvgIpc) is 2.76. The summed E-state index contributed by atoms with van der Waals surface area (Å²) in [6, 6.07) is 0.155. The Kier molecular flexibility index (Phi) is 3.90. The molecule has 1 aromatic heterocycles. The predicted octanol–water partition coefficient (Wildman–Crippen LogP) is 1.42. The molecule has 2 unspecified atom stereocenters. The molecule has 2 rings (SSSR count). The molecule has 0 radical (unpaired) electrons. The Morgan fingerprint density at radius 1 is 1.44 bits per heavy atom. The normalized spacial score (nSPS) is 25.9. The molecule has 1 fully saturated rings. The molecular formula is C11H19N3O2. The van der Waals surface area contributed by atoms with Gasteiger partial charge in [-0.1, -0.05) is 24.9 Å². The third-order valence-electron chi connectivity index (χ3n) is 3.00. The minimum Gasteiger partial charge on any atom is -0.367 e. The van der Waals surface area contributed by atoms with Crippen LogP contribution in [0, 0.1) is 0 Å². The van der Waals surface area contributed by atoms with Gasteiger partial charge in [-0.15, -0.1) is 0 Å². The van der Waals surface area contributed by atoms with Gasteiger partial charge in [0.2, 0.25) is 0 Å². The molecule has 2 N–H and O–H groups in total. The van der Waals surface area contributed by atoms with Crippen LogP contribution in [-0.2, 0) is 17.8 Å². The number of aromatic nitrogens is 2. The number of aryl methyl sites for hydroxylation is 1. The van der Waals surface area contributed by atoms with Gasteiger partial charge >= 0.3 is 0 Å². The van der Waals surface area contributed by atoms with Crippen molar-refractivity contribution in [3.8, 4) is 0 Å². The monoisotopic (exact) mass is 225 g/mol. The van der Waals surface area contributed by atoms with Crippen molar-refractivity contribution in [3.05, 3.63) is 11.7 Å². The molecule has 1 saturated carbocycles. The van der Waals surface area contributed by atoms with Crippen LogP contribution in [0.3, 0.4) is 0 Å². The van der Waals surface area contributed by atoms with Crippen molar-refractivity contribution in [2.24, 2.45) is 5.73 Å². The Labute approximate surface area is 95.3 Å². The average molecular weight is 225 g/mol. The van der Waals surface area contributed by atoms with Crippen LogP contribution < -0.4 is 5.73 Å². The first kappa shape index (κ1) is 11.5. The van der Waals surface area contributed by atoms with E-state index in [1.165, 1.54) is 12.8 Å². The third-order valence-corrected chi connectivity index (χ3v) is 3.00. The van der Waals surface area contributed by atoms with Crippen molar-refractivity contribution in [1.82, 2.24) is 10.1 Å². The third kappa shape index (κ3) is 2.80. The molecule has 0 bridgehead atoms. The maximum Gasteiger partial charge on any atom is 0.252 e. The Morgan fingerprint density at radius 3 is 2.94 bits per heavy atom. The summed E-state index contributed by atoms with van der Waals surface area (Å²) in [6.45, 7) is 2.37. The number of rotatable bonds is 4. The largest absolute Gasteiger partial charge is 0.367 e. The molecule has 0 amide bonds. The smallest absolute Gasteiger partial charge is 0.252 e. The van der Waals surface area contributed by atoms with Crippen molar-refractivity contribution in [2.75, 3.05) is 0 Å². The van der Waals surface area contributed by atoms with Gasteiger partial charge in [0.05, 0.1) is 6.10 Å². The van der Waals surface area contributed by atoms with Gasteiger partial charge in [-0.2, -0.15) is 4.98 Å². The molecule has 0 aliphatic heterocycles. The Hall–Kier alpha value is -0.940. The highest BCUT2D eigenvalue weighted by Crippen LogP contribution is 2.20. The van der Waals surface area contributed by atoms with E-state index in [4.69, 9.17) is 15.0 Å². The van der Waals surface area contributed by atoms with Gasteiger partial charge in [-0.05, 0) is 12.8 Å². The molecule has 5 nitrogen and oxygen atoms in total. The highest BCUT2D eigenvalue weighted by Gasteiger charge is 2.22. The summed E-state index contributed by atoms with van der Waals surface area (Å²) in [5.74, 6) is 1.28. The summed E-state index contributed by atoms with van der Waals surface area (Å²) >= 11 is 0. The molecule has 90 valence electrons. The Morgan fingerprint density at radius 2 is 2.25 bits per heavy atom. The Balaban J connectivity index is 1.81. The number of nitrogens with zero attached hydrogens (tertiary/aromatic N) is 2. The number of ether oxygens (including phenoxy) is 1. The molecule has 0 aromatic carbocycles. The molecule has 1 aliphatic rings. The standard InChI is InChI=1S/C11H19N3O2/c1-2-10-13-11(16-14-10)7-15-9-6-4-3-5-8(9)12/h8-9H,2-7,12H2,1H3. The van der Waals surface area contributed by atoms with Gasteiger partial charge in [0.15, 0.2) is 5.82 Å². The van der Waals surface area contributed by atoms with E-state index in [2.05, 4.69) is 10.1 Å². The molecule has 5 heteroatoms. The maximum absolute atomic E-state index is 5.98. The molecule has 1 heterocycles. The van der Waals surface area contributed by atoms with Crippen molar-refractivity contribution < 1.29 is 9.26 Å². The summed E-state index contributed by atoms with van der Waals surface area (Å²) in [7, 11) is 0. The SMILES string of the molecule is CCc1noc(COC2CCCCC2N)n1. The van der Waals surface area contributed by atoms with E-state index >= 15 is 0 Å². The topological polar surface area (TPSA) is 74.2 Å². The zero-order valence-electron chi connectivity index (χ0n) is 9.69. The highest BCUT2D eigenvalue weighted by molar-refractivity contribution is 4.85. The molecule has 0 spiro atoms. The summed E-state index contributed by atoms with van der Waals surface area (Å²) < 4.78 is 10.8. The van der Waals surface area contributed by atoms with Crippen molar-refractivity contribution in [1.29, 1.82) is 0 Å². The van der Waals surface area contributed by atoms with Crippen LogP contribution in [0.5, 0.6) is 0 Å². The first-order valence-corrected chi connectivity index (χ1v) is 5.98. The molecule has 1 aromatic rings. The van der Waals surface area contributed by atoms with E-state index in [1.54, 1.807) is 0 Å². The minimum atomic E-state index is 0.144. The number of hydrogen-bond acceptors (Lipinski definition) is 5. The second-order valence-electron chi connectivity index (χ2n) is 4.26. The minimum absolute atomic E-state index is 0.144. The summed E-state index contributed by atoms with van der Waals surface area (Å²) in [5, 5.41) is 3.82. The predicted molar refractivity (Wildman–Crippen MR) is 58.7 cm³/mol. The van der Waals surface area contributed by atoms with Gasteiger partial charge in [0.25, 0.3) is 5.89 Å². The molecule has 16 heavy (non-hydrogen) atoms. The van der Waals surface area contributed by atoms with E-state index in [9.17, 15) is 0 Å². The van der Waals surface area contributed by atoms with Gasteiger partial charge < -0.3 is 15.0 Å². The van der Waals surface area contributed by atoms with Gasteiger partial charge in [0, 0.05) is 12.5 Å². The summed E-state index contributed by atoms with van der Waals surface area (Å²) in [4.78, 5) is 4.19. The van der Waals surface area contributed by atoms with E-state index in [0.717, 1.165) is 25.1 Å². The second kappa shape index (κ2) is 5.41. The van der Waals surface area contributed by atoms with E-state index < -0.39 is 0 Å². The van der Waals surface area contributed by atoms with E-state index in [1.807, 2.05) is 6.92 Å². The molecular weight excluding hydrogens is 206 g/mol. The fourth-order valence-electron chi connectivity index (χ4n) is 2.00. The van der Waals surface area contributed by atoms with Gasteiger partial charge in [0.1, 0.15) is 6.61 Å². The summed E-state index contributed by atoms with van der Waals surface area (Å²) in [5.41, 5.74) is 5.98. The first-order chi connectivity index (χ1) is 7.79. The van der Waals surface area contributed by atoms with E-state index in [-0.39, 0.29) is 12.1 Å². The van der Waals surface area contributed by atoms with Crippen molar-refractivity contribution in [3.63, 3.8) is 0 Å².